The first-order valence-electron chi connectivity index (χ1n) is 7.26. The molecule has 0 aliphatic heterocycles. The number of rotatable bonds is 10. The molecule has 0 aromatic heterocycles. The first kappa shape index (κ1) is 24.7. The van der Waals surface area contributed by atoms with E-state index in [2.05, 4.69) is 0 Å². The van der Waals surface area contributed by atoms with E-state index in [1.165, 1.54) is 0 Å². The molecule has 10 heteroatoms. The molecule has 2 rings (SSSR count). The van der Waals surface area contributed by atoms with Crippen molar-refractivity contribution in [3.8, 4) is 0 Å². The van der Waals surface area contributed by atoms with Crippen molar-refractivity contribution in [1.29, 1.82) is 0 Å². The van der Waals surface area contributed by atoms with Crippen molar-refractivity contribution in [3.05, 3.63) is 70.8 Å². The molecule has 2 atom stereocenters. The second kappa shape index (κ2) is 13.8. The van der Waals surface area contributed by atoms with Crippen LogP contribution < -0.4 is 29.6 Å². The summed E-state index contributed by atoms with van der Waals surface area (Å²) in [6.45, 7) is 0. The Hall–Kier alpha value is 0.710. The number of hydrogen-bond donors (Lipinski definition) is 2. The van der Waals surface area contributed by atoms with Crippen molar-refractivity contribution in [3.63, 3.8) is 0 Å². The van der Waals surface area contributed by atoms with Gasteiger partial charge in [-0.15, -0.1) is 0 Å². The van der Waals surface area contributed by atoms with Gasteiger partial charge in [-0.05, 0) is 32.1 Å². The van der Waals surface area contributed by atoms with Gasteiger partial charge in [0.05, 0.1) is 11.5 Å². The molecule has 2 aromatic carbocycles. The SMILES string of the molecule is O=S(O)Cc1ccccc1CSSSCc1ccccc1CS(=O)O.[Na+]. The van der Waals surface area contributed by atoms with Gasteiger partial charge in [-0.2, -0.15) is 0 Å². The van der Waals surface area contributed by atoms with E-state index >= 15 is 0 Å². The van der Waals surface area contributed by atoms with Crippen LogP contribution in [0.3, 0.4) is 0 Å². The van der Waals surface area contributed by atoms with Gasteiger partial charge in [0.1, 0.15) is 0 Å². The second-order valence-corrected chi connectivity index (χ2v) is 11.2. The molecule has 4 nitrogen and oxygen atoms in total. The molecule has 2 N–H and O–H groups in total. The molecule has 0 bridgehead atoms. The maximum absolute atomic E-state index is 11.0. The van der Waals surface area contributed by atoms with Crippen LogP contribution in [0.5, 0.6) is 0 Å². The molecule has 0 aliphatic carbocycles. The normalized spacial score (nSPS) is 13.0. The zero-order valence-electron chi connectivity index (χ0n) is 14.2. The molecule has 0 saturated heterocycles. The minimum atomic E-state index is -1.83. The van der Waals surface area contributed by atoms with Gasteiger partial charge >= 0.3 is 29.6 Å². The summed E-state index contributed by atoms with van der Waals surface area (Å²) < 4.78 is 40.2. The van der Waals surface area contributed by atoms with Crippen LogP contribution in [0.2, 0.25) is 0 Å². The Morgan fingerprint density at radius 3 is 1.38 bits per heavy atom. The molecular formula is C16H18NaO4S5+. The van der Waals surface area contributed by atoms with Crippen molar-refractivity contribution in [2.45, 2.75) is 23.0 Å². The van der Waals surface area contributed by atoms with Crippen LogP contribution in [0.4, 0.5) is 0 Å². The van der Waals surface area contributed by atoms with E-state index in [0.29, 0.717) is 0 Å². The summed E-state index contributed by atoms with van der Waals surface area (Å²) >= 11 is -3.67. The average molecular weight is 458 g/mol. The van der Waals surface area contributed by atoms with E-state index in [9.17, 15) is 8.42 Å². The van der Waals surface area contributed by atoms with E-state index in [4.69, 9.17) is 9.11 Å². The van der Waals surface area contributed by atoms with Crippen molar-refractivity contribution < 1.29 is 47.1 Å². The van der Waals surface area contributed by atoms with Crippen LogP contribution in [0.1, 0.15) is 22.3 Å². The predicted octanol–water partition coefficient (Wildman–Crippen LogP) is 1.86. The molecule has 0 fully saturated rings. The molecule has 0 saturated carbocycles. The van der Waals surface area contributed by atoms with Crippen molar-refractivity contribution in [2.75, 3.05) is 0 Å². The van der Waals surface area contributed by atoms with Gasteiger partial charge in [0.15, 0.2) is 22.2 Å². The quantitative estimate of drug-likeness (QED) is 0.244. The first-order chi connectivity index (χ1) is 12.1. The summed E-state index contributed by atoms with van der Waals surface area (Å²) in [5.41, 5.74) is 3.94. The molecule has 0 amide bonds. The third-order valence-electron chi connectivity index (χ3n) is 3.32. The summed E-state index contributed by atoms with van der Waals surface area (Å²) in [6, 6.07) is 15.3. The van der Waals surface area contributed by atoms with Crippen LogP contribution in [0.25, 0.3) is 0 Å². The van der Waals surface area contributed by atoms with Crippen LogP contribution >= 0.6 is 31.4 Å². The number of benzene rings is 2. The van der Waals surface area contributed by atoms with Crippen LogP contribution in [-0.2, 0) is 45.2 Å². The van der Waals surface area contributed by atoms with E-state index in [0.717, 1.165) is 33.8 Å². The molecule has 0 aliphatic rings. The fraction of sp³-hybridized carbons (Fsp3) is 0.250. The molecule has 136 valence electrons. The summed E-state index contributed by atoms with van der Waals surface area (Å²) in [7, 11) is 5.01. The minimum Gasteiger partial charge on any atom is -0.306 e. The van der Waals surface area contributed by atoms with Gasteiger partial charge in [-0.3, -0.25) is 0 Å². The summed E-state index contributed by atoms with van der Waals surface area (Å²) in [6.07, 6.45) is 0. The van der Waals surface area contributed by atoms with Crippen molar-refractivity contribution >= 4 is 53.6 Å². The Morgan fingerprint density at radius 2 is 1.04 bits per heavy atom. The molecule has 2 unspecified atom stereocenters. The summed E-state index contributed by atoms with van der Waals surface area (Å²) in [4.78, 5) is 0. The monoisotopic (exact) mass is 457 g/mol. The Morgan fingerprint density at radius 1 is 0.692 bits per heavy atom. The minimum absolute atomic E-state index is 0. The maximum Gasteiger partial charge on any atom is 1.00 e. The molecular weight excluding hydrogens is 439 g/mol. The standard InChI is InChI=1S/C16H18O4S5.Na/c17-24(18)11-15-7-3-1-5-13(15)9-21-23-22-10-14-6-2-4-8-16(14)12-25(19)20;/h1-8H,9-12H2,(H,17,18)(H,19,20);/q;+1. The molecule has 26 heavy (non-hydrogen) atoms. The van der Waals surface area contributed by atoms with Gasteiger partial charge < -0.3 is 9.11 Å². The predicted molar refractivity (Wildman–Crippen MR) is 112 cm³/mol. The maximum atomic E-state index is 11.0. The Kier molecular flexibility index (Phi) is 13.1. The van der Waals surface area contributed by atoms with E-state index in [1.54, 1.807) is 31.4 Å². The molecule has 2 aromatic rings. The molecule has 0 radical (unpaired) electrons. The summed E-state index contributed by atoms with van der Waals surface area (Å²) in [5.74, 6) is 1.82. The van der Waals surface area contributed by atoms with Crippen LogP contribution in [-0.4, -0.2) is 17.5 Å². The summed E-state index contributed by atoms with van der Waals surface area (Å²) in [5, 5.41) is 0. The Labute approximate surface area is 192 Å². The Bertz CT molecular complexity index is 683. The fourth-order valence-corrected chi connectivity index (χ4v) is 6.96. The van der Waals surface area contributed by atoms with Crippen molar-refractivity contribution in [2.24, 2.45) is 0 Å². The zero-order chi connectivity index (χ0) is 18.1. The molecule has 0 spiro atoms. The van der Waals surface area contributed by atoms with Gasteiger partial charge in [0.2, 0.25) is 0 Å². The molecule has 0 heterocycles. The van der Waals surface area contributed by atoms with Gasteiger partial charge in [-0.1, -0.05) is 70.1 Å². The zero-order valence-corrected chi connectivity index (χ0v) is 20.3. The third kappa shape index (κ3) is 9.27. The van der Waals surface area contributed by atoms with Crippen molar-refractivity contribution in [1.82, 2.24) is 0 Å². The van der Waals surface area contributed by atoms with E-state index < -0.39 is 22.2 Å². The first-order valence-corrected chi connectivity index (χ1v) is 13.6. The smallest absolute Gasteiger partial charge is 0.306 e. The fourth-order valence-electron chi connectivity index (χ4n) is 2.15. The average Bonchev–Trinajstić information content (AvgIpc) is 2.56. The number of hydrogen-bond acceptors (Lipinski definition) is 5. The topological polar surface area (TPSA) is 74.6 Å². The Balaban J connectivity index is 0.00000338. The van der Waals surface area contributed by atoms with Gasteiger partial charge in [0.25, 0.3) is 0 Å². The van der Waals surface area contributed by atoms with Gasteiger partial charge in [-0.25, -0.2) is 8.42 Å². The van der Waals surface area contributed by atoms with E-state index in [1.807, 2.05) is 48.5 Å². The van der Waals surface area contributed by atoms with Crippen LogP contribution in [0, 0.1) is 0 Å². The largest absolute Gasteiger partial charge is 1.00 e. The van der Waals surface area contributed by atoms with E-state index in [-0.39, 0.29) is 41.1 Å². The van der Waals surface area contributed by atoms with Crippen LogP contribution in [0.15, 0.2) is 48.5 Å². The second-order valence-electron chi connectivity index (χ2n) is 5.06. The third-order valence-corrected chi connectivity index (χ3v) is 8.50. The van der Waals surface area contributed by atoms with Gasteiger partial charge in [0, 0.05) is 11.5 Å².